The molecule has 0 amide bonds. The molecule has 1 saturated heterocycles. The maximum atomic E-state index is 13.1. The second-order valence-electron chi connectivity index (χ2n) is 5.72. The van der Waals surface area contributed by atoms with Gasteiger partial charge in [0, 0.05) is 5.02 Å². The molecule has 0 aliphatic carbocycles. The van der Waals surface area contributed by atoms with Gasteiger partial charge in [0.25, 0.3) is 0 Å². The Hall–Kier alpha value is -1.89. The van der Waals surface area contributed by atoms with E-state index >= 15 is 0 Å². The van der Waals surface area contributed by atoms with E-state index in [1.807, 2.05) is 0 Å². The molecule has 5 nitrogen and oxygen atoms in total. The van der Waals surface area contributed by atoms with Crippen molar-refractivity contribution in [1.29, 1.82) is 0 Å². The van der Waals surface area contributed by atoms with Gasteiger partial charge in [-0.3, -0.25) is 4.79 Å². The second kappa shape index (κ2) is 7.15. The van der Waals surface area contributed by atoms with E-state index in [9.17, 15) is 13.2 Å². The summed E-state index contributed by atoms with van der Waals surface area (Å²) in [6, 6.07) is 13.8. The topological polar surface area (TPSA) is 63.7 Å². The maximum Gasteiger partial charge on any atom is 0.324 e. The number of carbonyl (C=O) groups is 1. The van der Waals surface area contributed by atoms with Gasteiger partial charge in [0.2, 0.25) is 10.0 Å². The Bertz CT molecular complexity index is 852. The van der Waals surface area contributed by atoms with E-state index in [-0.39, 0.29) is 11.5 Å². The summed E-state index contributed by atoms with van der Waals surface area (Å²) < 4.78 is 32.4. The van der Waals surface area contributed by atoms with Gasteiger partial charge in [-0.05, 0) is 43.2 Å². The van der Waals surface area contributed by atoms with E-state index in [1.54, 1.807) is 49.4 Å². The summed E-state index contributed by atoms with van der Waals surface area (Å²) in [5, 5.41) is 0.572. The molecule has 1 aliphatic rings. The summed E-state index contributed by atoms with van der Waals surface area (Å²) in [7, 11) is -3.82. The Morgan fingerprint density at radius 3 is 2.40 bits per heavy atom. The molecule has 0 saturated carbocycles. The van der Waals surface area contributed by atoms with Crippen molar-refractivity contribution in [1.82, 2.24) is 4.31 Å². The zero-order chi connectivity index (χ0) is 18.0. The van der Waals surface area contributed by atoms with Gasteiger partial charge < -0.3 is 4.74 Å². The van der Waals surface area contributed by atoms with Crippen LogP contribution in [-0.2, 0) is 19.6 Å². The molecule has 132 valence electrons. The van der Waals surface area contributed by atoms with Crippen molar-refractivity contribution in [3.8, 4) is 0 Å². The molecule has 2 aromatic carbocycles. The van der Waals surface area contributed by atoms with Gasteiger partial charge in [0.1, 0.15) is 6.04 Å². The Morgan fingerprint density at radius 1 is 1.16 bits per heavy atom. The average Bonchev–Trinajstić information content (AvgIpc) is 2.56. The molecule has 2 aromatic rings. The number of ether oxygens (including phenoxy) is 1. The van der Waals surface area contributed by atoms with Gasteiger partial charge in [0.15, 0.2) is 0 Å². The van der Waals surface area contributed by atoms with Gasteiger partial charge in [-0.2, -0.15) is 4.31 Å². The molecule has 1 heterocycles. The normalized spacial score (nSPS) is 20.7. The van der Waals surface area contributed by atoms with Crippen molar-refractivity contribution in [2.45, 2.75) is 30.3 Å². The van der Waals surface area contributed by atoms with Crippen LogP contribution in [0, 0.1) is 0 Å². The van der Waals surface area contributed by atoms with E-state index < -0.39 is 28.1 Å². The first-order valence-corrected chi connectivity index (χ1v) is 9.77. The Morgan fingerprint density at radius 2 is 1.80 bits per heavy atom. The number of carbonyl (C=O) groups excluding carboxylic acids is 1. The van der Waals surface area contributed by atoms with Crippen molar-refractivity contribution < 1.29 is 17.9 Å². The largest absolute Gasteiger partial charge is 0.465 e. The van der Waals surface area contributed by atoms with Crippen LogP contribution in [-0.4, -0.2) is 31.3 Å². The molecular weight excluding hydrogens is 362 g/mol. The minimum absolute atomic E-state index is 0.156. The highest BCUT2D eigenvalue weighted by atomic mass is 35.5. The molecular formula is C18H18ClNO4S. The van der Waals surface area contributed by atoms with Gasteiger partial charge in [0.05, 0.1) is 17.5 Å². The lowest BCUT2D eigenvalue weighted by Crippen LogP contribution is -2.57. The molecule has 0 N–H and O–H groups in total. The molecule has 7 heteroatoms. The molecule has 0 aromatic heterocycles. The fourth-order valence-corrected chi connectivity index (χ4v) is 4.87. The third-order valence-corrected chi connectivity index (χ3v) is 6.38. The van der Waals surface area contributed by atoms with Crippen LogP contribution >= 0.6 is 11.6 Å². The number of halogens is 1. The second-order valence-corrected chi connectivity index (χ2v) is 8.00. The number of sulfonamides is 1. The van der Waals surface area contributed by atoms with Crippen LogP contribution in [0.4, 0.5) is 0 Å². The smallest absolute Gasteiger partial charge is 0.324 e. The molecule has 0 bridgehead atoms. The van der Waals surface area contributed by atoms with E-state index in [0.717, 1.165) is 5.56 Å². The van der Waals surface area contributed by atoms with E-state index in [0.29, 0.717) is 11.4 Å². The molecule has 0 radical (unpaired) electrons. The highest BCUT2D eigenvalue weighted by Gasteiger charge is 2.51. The van der Waals surface area contributed by atoms with Gasteiger partial charge in [-0.15, -0.1) is 0 Å². The van der Waals surface area contributed by atoms with E-state index in [1.165, 1.54) is 16.4 Å². The van der Waals surface area contributed by atoms with Crippen LogP contribution < -0.4 is 0 Å². The summed E-state index contributed by atoms with van der Waals surface area (Å²) in [5.41, 5.74) is 0.796. The number of nitrogens with zero attached hydrogens (tertiary/aromatic N) is 1. The van der Waals surface area contributed by atoms with Crippen molar-refractivity contribution in [2.75, 3.05) is 6.61 Å². The predicted molar refractivity (Wildman–Crippen MR) is 94.7 cm³/mol. The molecule has 0 unspecified atom stereocenters. The van der Waals surface area contributed by atoms with Crippen molar-refractivity contribution in [2.24, 2.45) is 0 Å². The zero-order valence-electron chi connectivity index (χ0n) is 13.6. The lowest BCUT2D eigenvalue weighted by Gasteiger charge is -2.45. The summed E-state index contributed by atoms with van der Waals surface area (Å²) >= 11 is 5.91. The summed E-state index contributed by atoms with van der Waals surface area (Å²) in [5.74, 6) is -0.521. The zero-order valence-corrected chi connectivity index (χ0v) is 15.2. The molecule has 1 aliphatic heterocycles. The molecule has 2 atom stereocenters. The summed E-state index contributed by atoms with van der Waals surface area (Å²) in [6.45, 7) is 1.91. The molecule has 1 fully saturated rings. The summed E-state index contributed by atoms with van der Waals surface area (Å²) in [6.07, 6.45) is 0.381. The number of esters is 1. The standard InChI is InChI=1S/C18H18ClNO4S/c1-2-24-18(21)17-12-16(13-8-10-14(19)11-9-13)20(17)25(22,23)15-6-4-3-5-7-15/h3-11,16-17H,2,12H2,1H3/t16-,17+/m1/s1. The van der Waals surface area contributed by atoms with E-state index in [4.69, 9.17) is 16.3 Å². The lowest BCUT2D eigenvalue weighted by molar-refractivity contribution is -0.153. The van der Waals surface area contributed by atoms with Crippen LogP contribution in [0.15, 0.2) is 59.5 Å². The highest BCUT2D eigenvalue weighted by molar-refractivity contribution is 7.89. The van der Waals surface area contributed by atoms with Crippen LogP contribution in [0.3, 0.4) is 0 Å². The summed E-state index contributed by atoms with van der Waals surface area (Å²) in [4.78, 5) is 12.4. The van der Waals surface area contributed by atoms with Crippen LogP contribution in [0.1, 0.15) is 24.9 Å². The molecule has 3 rings (SSSR count). The van der Waals surface area contributed by atoms with Crippen LogP contribution in [0.5, 0.6) is 0 Å². The molecule has 25 heavy (non-hydrogen) atoms. The van der Waals surface area contributed by atoms with E-state index in [2.05, 4.69) is 0 Å². The lowest BCUT2D eigenvalue weighted by atomic mass is 9.91. The fraction of sp³-hybridized carbons (Fsp3) is 0.278. The quantitative estimate of drug-likeness (QED) is 0.747. The third kappa shape index (κ3) is 3.42. The first kappa shape index (κ1) is 17.9. The first-order chi connectivity index (χ1) is 11.9. The SMILES string of the molecule is CCOC(=O)[C@@H]1C[C@H](c2ccc(Cl)cc2)N1S(=O)(=O)c1ccccc1. The molecule has 0 spiro atoms. The number of hydrogen-bond donors (Lipinski definition) is 0. The van der Waals surface area contributed by atoms with Gasteiger partial charge >= 0.3 is 5.97 Å². The minimum Gasteiger partial charge on any atom is -0.465 e. The predicted octanol–water partition coefficient (Wildman–Crippen LogP) is 3.41. The van der Waals surface area contributed by atoms with Crippen molar-refractivity contribution >= 4 is 27.6 Å². The van der Waals surface area contributed by atoms with Crippen LogP contribution in [0.25, 0.3) is 0 Å². The number of rotatable bonds is 5. The number of benzene rings is 2. The monoisotopic (exact) mass is 379 g/mol. The van der Waals surface area contributed by atoms with Crippen LogP contribution in [0.2, 0.25) is 5.02 Å². The minimum atomic E-state index is -3.82. The Kier molecular flexibility index (Phi) is 5.13. The fourth-order valence-electron chi connectivity index (χ4n) is 2.95. The maximum absolute atomic E-state index is 13.1. The Balaban J connectivity index is 1.98. The third-order valence-electron chi connectivity index (χ3n) is 4.19. The van der Waals surface area contributed by atoms with Crippen molar-refractivity contribution in [3.05, 3.63) is 65.2 Å². The Labute approximate surface area is 152 Å². The van der Waals surface area contributed by atoms with Crippen molar-refractivity contribution in [3.63, 3.8) is 0 Å². The first-order valence-electron chi connectivity index (χ1n) is 7.96. The highest BCUT2D eigenvalue weighted by Crippen LogP contribution is 2.43. The average molecular weight is 380 g/mol. The number of hydrogen-bond acceptors (Lipinski definition) is 4. The van der Waals surface area contributed by atoms with Gasteiger partial charge in [-0.1, -0.05) is 41.9 Å². The van der Waals surface area contributed by atoms with Gasteiger partial charge in [-0.25, -0.2) is 8.42 Å².